The van der Waals surface area contributed by atoms with Crippen molar-refractivity contribution in [3.63, 3.8) is 0 Å². The van der Waals surface area contributed by atoms with Crippen molar-refractivity contribution in [2.24, 2.45) is 5.73 Å². The number of nitrogens with two attached hydrogens (primary N) is 1. The topological polar surface area (TPSA) is 129 Å². The smallest absolute Gasteiger partial charge is 0.366 e. The van der Waals surface area contributed by atoms with Gasteiger partial charge in [-0.3, -0.25) is 15.0 Å². The van der Waals surface area contributed by atoms with E-state index in [1.54, 1.807) is 12.1 Å². The number of fused-ring (bicyclic) bond motifs is 4. The summed E-state index contributed by atoms with van der Waals surface area (Å²) in [4.78, 5) is 41.0. The Kier molecular flexibility index (Phi) is 5.35. The Morgan fingerprint density at radius 1 is 1.26 bits per heavy atom. The van der Waals surface area contributed by atoms with Crippen molar-refractivity contribution in [1.82, 2.24) is 20.3 Å². The maximum absolute atomic E-state index is 13.0. The molecular weight excluding hydrogens is 417 g/mol. The fourth-order valence-electron chi connectivity index (χ4n) is 3.53. The second-order valence-corrected chi connectivity index (χ2v) is 7.16. The van der Waals surface area contributed by atoms with Crippen LogP contribution in [0.2, 0.25) is 0 Å². The molecule has 4 rings (SSSR count). The van der Waals surface area contributed by atoms with Gasteiger partial charge in [-0.2, -0.15) is 13.2 Å². The number of carbonyl (C=O) groups is 2. The van der Waals surface area contributed by atoms with Crippen LogP contribution in [0, 0.1) is 0 Å². The summed E-state index contributed by atoms with van der Waals surface area (Å²) >= 11 is 0. The van der Waals surface area contributed by atoms with Gasteiger partial charge in [-0.1, -0.05) is 0 Å². The van der Waals surface area contributed by atoms with Gasteiger partial charge < -0.3 is 16.0 Å². The van der Waals surface area contributed by atoms with E-state index in [0.29, 0.717) is 25.2 Å². The maximum atomic E-state index is 13.0. The average molecular weight is 436 g/mol. The van der Waals surface area contributed by atoms with Crippen LogP contribution >= 0.6 is 0 Å². The molecule has 2 aliphatic rings. The molecule has 10 nitrogen and oxygen atoms in total. The number of urea groups is 1. The molecule has 0 radical (unpaired) electrons. The van der Waals surface area contributed by atoms with Crippen molar-refractivity contribution in [2.45, 2.75) is 24.7 Å². The second-order valence-electron chi connectivity index (χ2n) is 7.16. The molecule has 0 spiro atoms. The predicted octanol–water partition coefficient (Wildman–Crippen LogP) is 1.12. The van der Waals surface area contributed by atoms with Gasteiger partial charge in [0.25, 0.3) is 5.91 Å². The van der Waals surface area contributed by atoms with Gasteiger partial charge >= 0.3 is 12.2 Å². The summed E-state index contributed by atoms with van der Waals surface area (Å²) in [6, 6.07) is 1.76. The first kappa shape index (κ1) is 20.8. The van der Waals surface area contributed by atoms with Gasteiger partial charge in [0.15, 0.2) is 5.82 Å². The molecule has 2 aromatic heterocycles. The first-order valence-corrected chi connectivity index (χ1v) is 9.48. The highest BCUT2D eigenvalue weighted by Crippen LogP contribution is 2.39. The number of halogens is 3. The van der Waals surface area contributed by atoms with E-state index < -0.39 is 30.7 Å². The van der Waals surface area contributed by atoms with Crippen LogP contribution in [0.15, 0.2) is 30.6 Å². The van der Waals surface area contributed by atoms with Gasteiger partial charge in [0.2, 0.25) is 5.95 Å². The summed E-state index contributed by atoms with van der Waals surface area (Å²) in [5, 5.41) is 4.74. The molecule has 4 N–H and O–H groups in total. The predicted molar refractivity (Wildman–Crippen MR) is 105 cm³/mol. The number of hydrogen-bond acceptors (Lipinski definition) is 7. The second kappa shape index (κ2) is 7.98. The van der Waals surface area contributed by atoms with Crippen LogP contribution in [0.5, 0.6) is 0 Å². The van der Waals surface area contributed by atoms with Gasteiger partial charge in [-0.25, -0.2) is 19.7 Å². The lowest BCUT2D eigenvalue weighted by Crippen LogP contribution is -2.49. The zero-order valence-electron chi connectivity index (χ0n) is 16.1. The number of alkyl halides is 3. The summed E-state index contributed by atoms with van der Waals surface area (Å²) in [6.45, 7) is 0.520. The number of rotatable bonds is 4. The van der Waals surface area contributed by atoms with E-state index in [0.717, 1.165) is 0 Å². The van der Waals surface area contributed by atoms with Crippen molar-refractivity contribution in [3.8, 4) is 0 Å². The minimum atomic E-state index is -4.63. The number of nitrogens with zero attached hydrogens (tertiary/aromatic N) is 5. The molecule has 2 atom stereocenters. The van der Waals surface area contributed by atoms with E-state index in [9.17, 15) is 22.8 Å². The minimum absolute atomic E-state index is 0.115. The van der Waals surface area contributed by atoms with Crippen LogP contribution in [-0.2, 0) is 0 Å². The number of hydrogen-bond donors (Lipinski definition) is 3. The van der Waals surface area contributed by atoms with Crippen molar-refractivity contribution in [2.75, 3.05) is 34.8 Å². The Balaban J connectivity index is 1.57. The third-order valence-electron chi connectivity index (χ3n) is 5.09. The molecule has 3 amide bonds. The number of amides is 3. The van der Waals surface area contributed by atoms with Crippen LogP contribution in [0.4, 0.5) is 35.4 Å². The lowest BCUT2D eigenvalue weighted by molar-refractivity contribution is -0.146. The number of aromatic nitrogens is 3. The van der Waals surface area contributed by atoms with E-state index >= 15 is 0 Å². The SMILES string of the molecule is NC(CNC(=O)c1ccc2c(n1)N(C(=O)Nc1ncccn1)C1CCN2C1)C(F)(F)F. The monoisotopic (exact) mass is 436 g/mol. The van der Waals surface area contributed by atoms with E-state index in [2.05, 4.69) is 25.6 Å². The fourth-order valence-corrected chi connectivity index (χ4v) is 3.53. The third-order valence-corrected chi connectivity index (χ3v) is 5.09. The number of anilines is 3. The average Bonchev–Trinajstić information content (AvgIpc) is 3.15. The molecular formula is C18H19F3N8O2. The first-order valence-electron chi connectivity index (χ1n) is 9.48. The van der Waals surface area contributed by atoms with Gasteiger partial charge in [-0.05, 0) is 24.6 Å². The van der Waals surface area contributed by atoms with Gasteiger partial charge in [-0.15, -0.1) is 0 Å². The largest absolute Gasteiger partial charge is 0.405 e. The lowest BCUT2D eigenvalue weighted by atomic mass is 10.1. The highest BCUT2D eigenvalue weighted by molar-refractivity contribution is 6.04. The Morgan fingerprint density at radius 3 is 2.71 bits per heavy atom. The summed E-state index contributed by atoms with van der Waals surface area (Å²) in [7, 11) is 0. The molecule has 1 fully saturated rings. The summed E-state index contributed by atoms with van der Waals surface area (Å²) in [5.41, 5.74) is 5.56. The molecule has 164 valence electrons. The summed E-state index contributed by atoms with van der Waals surface area (Å²) < 4.78 is 37.7. The molecule has 2 bridgehead atoms. The standard InChI is InChI=1S/C18H19F3N8O2/c19-18(20,21)13(22)8-25-15(30)11-2-3-12-14(26-11)29(10-4-7-28(12)9-10)17(31)27-16-23-5-1-6-24-16/h1-3,5-6,10,13H,4,7-9,22H2,(H,25,30)(H,23,24,27,31). The lowest BCUT2D eigenvalue weighted by Gasteiger charge is -2.35. The Hall–Kier alpha value is -3.48. The van der Waals surface area contributed by atoms with E-state index in [4.69, 9.17) is 5.73 Å². The maximum Gasteiger partial charge on any atom is 0.405 e. The molecule has 0 aromatic carbocycles. The quantitative estimate of drug-likeness (QED) is 0.655. The van der Waals surface area contributed by atoms with Crippen molar-refractivity contribution in [1.29, 1.82) is 0 Å². The van der Waals surface area contributed by atoms with Gasteiger partial charge in [0, 0.05) is 32.0 Å². The number of nitrogens with one attached hydrogen (secondary N) is 2. The van der Waals surface area contributed by atoms with E-state index in [-0.39, 0.29) is 23.5 Å². The van der Waals surface area contributed by atoms with Crippen molar-refractivity contribution in [3.05, 3.63) is 36.3 Å². The Morgan fingerprint density at radius 2 is 2.00 bits per heavy atom. The summed E-state index contributed by atoms with van der Waals surface area (Å²) in [6.07, 6.45) is -0.967. The van der Waals surface area contributed by atoms with E-state index in [1.807, 2.05) is 4.90 Å². The van der Waals surface area contributed by atoms with Gasteiger partial charge in [0.05, 0.1) is 11.7 Å². The van der Waals surface area contributed by atoms with Crippen molar-refractivity contribution >= 4 is 29.4 Å². The normalized spacial score (nSPS) is 18.4. The van der Waals surface area contributed by atoms with Gasteiger partial charge in [0.1, 0.15) is 11.7 Å². The molecule has 2 unspecified atom stereocenters. The van der Waals surface area contributed by atoms with Crippen LogP contribution < -0.4 is 26.2 Å². The summed E-state index contributed by atoms with van der Waals surface area (Å²) in [5.74, 6) is -0.457. The Labute approximate surface area is 174 Å². The van der Waals surface area contributed by atoms with Crippen LogP contribution in [0.25, 0.3) is 0 Å². The Bertz CT molecular complexity index is 988. The van der Waals surface area contributed by atoms with E-state index in [1.165, 1.54) is 23.4 Å². The highest BCUT2D eigenvalue weighted by Gasteiger charge is 2.41. The molecule has 0 aliphatic carbocycles. The molecule has 31 heavy (non-hydrogen) atoms. The molecule has 1 saturated heterocycles. The zero-order valence-corrected chi connectivity index (χ0v) is 16.1. The minimum Gasteiger partial charge on any atom is -0.366 e. The molecule has 13 heteroatoms. The third kappa shape index (κ3) is 4.21. The molecule has 4 heterocycles. The highest BCUT2D eigenvalue weighted by atomic mass is 19.4. The first-order chi connectivity index (χ1) is 14.7. The molecule has 2 aromatic rings. The van der Waals surface area contributed by atoms with Crippen LogP contribution in [0.1, 0.15) is 16.9 Å². The van der Waals surface area contributed by atoms with Crippen LogP contribution in [0.3, 0.4) is 0 Å². The fraction of sp³-hybridized carbons (Fsp3) is 0.389. The van der Waals surface area contributed by atoms with Crippen molar-refractivity contribution < 1.29 is 22.8 Å². The molecule has 2 aliphatic heterocycles. The molecule has 0 saturated carbocycles. The number of carbonyl (C=O) groups excluding carboxylic acids is 2. The van der Waals surface area contributed by atoms with Crippen LogP contribution in [-0.4, -0.2) is 64.8 Å². The zero-order chi connectivity index (χ0) is 22.2. The number of pyridine rings is 1.